The first-order valence-electron chi connectivity index (χ1n) is 7.88. The molecule has 0 aliphatic heterocycles. The van der Waals surface area contributed by atoms with Crippen molar-refractivity contribution in [3.8, 4) is 11.5 Å². The van der Waals surface area contributed by atoms with Crippen molar-refractivity contribution < 1.29 is 28.2 Å². The van der Waals surface area contributed by atoms with Crippen molar-refractivity contribution in [2.45, 2.75) is 0 Å². The molecule has 0 spiro atoms. The van der Waals surface area contributed by atoms with Crippen LogP contribution in [0, 0.1) is 5.82 Å². The van der Waals surface area contributed by atoms with E-state index >= 15 is 0 Å². The number of hydrogen-bond donors (Lipinski definition) is 3. The van der Waals surface area contributed by atoms with Crippen LogP contribution >= 0.6 is 0 Å². The fraction of sp³-hybridized carbons (Fsp3) is 0.111. The monoisotopic (exact) mass is 388 g/mol. The highest BCUT2D eigenvalue weighted by atomic mass is 19.1. The van der Waals surface area contributed by atoms with Crippen LogP contribution in [0.1, 0.15) is 5.56 Å². The largest absolute Gasteiger partial charge is 0.493 e. The Balaban J connectivity index is 1.93. The predicted octanol–water partition coefficient (Wildman–Crippen LogP) is 0.787. The van der Waals surface area contributed by atoms with Gasteiger partial charge in [-0.3, -0.25) is 14.4 Å². The van der Waals surface area contributed by atoms with Gasteiger partial charge in [-0.1, -0.05) is 0 Å². The zero-order valence-electron chi connectivity index (χ0n) is 14.8. The minimum absolute atomic E-state index is 0.266. The molecule has 0 saturated heterocycles. The lowest BCUT2D eigenvalue weighted by Gasteiger charge is -2.09. The van der Waals surface area contributed by atoms with Gasteiger partial charge in [-0.2, -0.15) is 5.10 Å². The number of carbonyl (C=O) groups is 3. The number of amides is 3. The van der Waals surface area contributed by atoms with Gasteiger partial charge in [-0.25, -0.2) is 9.82 Å². The Kier molecular flexibility index (Phi) is 7.03. The molecule has 9 nitrogen and oxygen atoms in total. The first-order valence-corrected chi connectivity index (χ1v) is 7.88. The fourth-order valence-corrected chi connectivity index (χ4v) is 1.97. The van der Waals surface area contributed by atoms with E-state index in [4.69, 9.17) is 15.2 Å². The van der Waals surface area contributed by atoms with Crippen LogP contribution in [0.3, 0.4) is 0 Å². The van der Waals surface area contributed by atoms with Gasteiger partial charge in [0.2, 0.25) is 0 Å². The molecule has 0 atom stereocenters. The van der Waals surface area contributed by atoms with E-state index in [9.17, 15) is 18.8 Å². The highest BCUT2D eigenvalue weighted by Crippen LogP contribution is 2.27. The molecule has 0 aromatic heterocycles. The number of hydrogen-bond acceptors (Lipinski definition) is 6. The lowest BCUT2D eigenvalue weighted by molar-refractivity contribution is -0.136. The van der Waals surface area contributed by atoms with Crippen molar-refractivity contribution in [2.24, 2.45) is 10.8 Å². The summed E-state index contributed by atoms with van der Waals surface area (Å²) in [5.41, 5.74) is 7.88. The van der Waals surface area contributed by atoms with Gasteiger partial charge in [-0.15, -0.1) is 0 Å². The second-order valence-electron chi connectivity index (χ2n) is 5.33. The molecule has 2 aromatic rings. The van der Waals surface area contributed by atoms with Gasteiger partial charge in [0.25, 0.3) is 5.91 Å². The smallest absolute Gasteiger partial charge is 0.329 e. The zero-order chi connectivity index (χ0) is 20.5. The Morgan fingerprint density at radius 3 is 2.46 bits per heavy atom. The molecule has 0 heterocycles. The van der Waals surface area contributed by atoms with Crippen LogP contribution in [-0.2, 0) is 14.4 Å². The molecule has 146 valence electrons. The van der Waals surface area contributed by atoms with Crippen molar-refractivity contribution >= 4 is 29.6 Å². The molecule has 10 heteroatoms. The van der Waals surface area contributed by atoms with E-state index in [0.717, 1.165) is 12.1 Å². The van der Waals surface area contributed by atoms with Crippen molar-refractivity contribution in [1.82, 2.24) is 5.43 Å². The highest BCUT2D eigenvalue weighted by Gasteiger charge is 2.13. The average molecular weight is 388 g/mol. The Hall–Kier alpha value is -3.95. The van der Waals surface area contributed by atoms with Gasteiger partial charge in [-0.05, 0) is 48.0 Å². The molecular formula is C18H17FN4O5. The third kappa shape index (κ3) is 6.09. The van der Waals surface area contributed by atoms with E-state index < -0.39 is 23.5 Å². The summed E-state index contributed by atoms with van der Waals surface area (Å²) in [7, 11) is 1.41. The van der Waals surface area contributed by atoms with Gasteiger partial charge in [0, 0.05) is 5.69 Å². The number of benzene rings is 2. The number of rotatable bonds is 7. The number of halogens is 1. The second kappa shape index (κ2) is 9.67. The minimum atomic E-state index is -1.01. The zero-order valence-corrected chi connectivity index (χ0v) is 14.8. The van der Waals surface area contributed by atoms with Crippen LogP contribution in [0.25, 0.3) is 0 Å². The first kappa shape index (κ1) is 20.4. The number of nitrogens with one attached hydrogen (secondary N) is 2. The normalized spacial score (nSPS) is 10.4. The molecular weight excluding hydrogens is 371 g/mol. The predicted molar refractivity (Wildman–Crippen MR) is 98.4 cm³/mol. The lowest BCUT2D eigenvalue weighted by atomic mass is 10.2. The summed E-state index contributed by atoms with van der Waals surface area (Å²) in [5, 5.41) is 5.98. The van der Waals surface area contributed by atoms with E-state index in [-0.39, 0.29) is 12.3 Å². The van der Waals surface area contributed by atoms with Gasteiger partial charge < -0.3 is 20.5 Å². The Bertz CT molecular complexity index is 899. The number of methoxy groups -OCH3 is 1. The molecule has 0 saturated carbocycles. The molecule has 4 N–H and O–H groups in total. The van der Waals surface area contributed by atoms with E-state index in [1.54, 1.807) is 12.1 Å². The van der Waals surface area contributed by atoms with Gasteiger partial charge >= 0.3 is 11.8 Å². The number of primary amides is 1. The number of carbonyl (C=O) groups excluding carboxylic acids is 3. The topological polar surface area (TPSA) is 132 Å². The number of anilines is 1. The van der Waals surface area contributed by atoms with Crippen LogP contribution in [0.15, 0.2) is 47.6 Å². The Morgan fingerprint density at radius 1 is 1.11 bits per heavy atom. The Morgan fingerprint density at radius 2 is 1.82 bits per heavy atom. The molecule has 0 aliphatic rings. The number of nitrogens with zero attached hydrogens (tertiary/aromatic N) is 1. The molecule has 0 radical (unpaired) electrons. The van der Waals surface area contributed by atoms with E-state index in [1.807, 2.05) is 0 Å². The summed E-state index contributed by atoms with van der Waals surface area (Å²) in [5.74, 6) is -2.43. The van der Waals surface area contributed by atoms with Crippen molar-refractivity contribution in [3.05, 3.63) is 53.8 Å². The molecule has 2 rings (SSSR count). The third-order valence-corrected chi connectivity index (χ3v) is 3.25. The summed E-state index contributed by atoms with van der Waals surface area (Å²) in [6, 6.07) is 9.60. The number of hydrazone groups is 1. The molecule has 2 aromatic carbocycles. The van der Waals surface area contributed by atoms with Crippen molar-refractivity contribution in [1.29, 1.82) is 0 Å². The van der Waals surface area contributed by atoms with Crippen LogP contribution in [0.4, 0.5) is 10.1 Å². The quantitative estimate of drug-likeness (QED) is 0.366. The summed E-state index contributed by atoms with van der Waals surface area (Å²) in [4.78, 5) is 34.3. The molecule has 0 aliphatic carbocycles. The lowest BCUT2D eigenvalue weighted by Crippen LogP contribution is -2.32. The molecule has 0 bridgehead atoms. The third-order valence-electron chi connectivity index (χ3n) is 3.25. The summed E-state index contributed by atoms with van der Waals surface area (Å²) >= 11 is 0. The van der Waals surface area contributed by atoms with Crippen LogP contribution in [0.2, 0.25) is 0 Å². The average Bonchev–Trinajstić information content (AvgIpc) is 2.68. The van der Waals surface area contributed by atoms with Crippen molar-refractivity contribution in [3.63, 3.8) is 0 Å². The maximum absolute atomic E-state index is 12.8. The van der Waals surface area contributed by atoms with E-state index in [1.165, 1.54) is 31.5 Å². The SMILES string of the molecule is COc1cc(/C=N\NC(=O)C(=O)Nc2ccc(F)cc2)ccc1OCC(N)=O. The van der Waals surface area contributed by atoms with Gasteiger partial charge in [0.15, 0.2) is 18.1 Å². The second-order valence-corrected chi connectivity index (χ2v) is 5.33. The molecule has 3 amide bonds. The Labute approximate surface area is 159 Å². The highest BCUT2D eigenvalue weighted by molar-refractivity contribution is 6.39. The fourth-order valence-electron chi connectivity index (χ4n) is 1.97. The van der Waals surface area contributed by atoms with Crippen LogP contribution in [0.5, 0.6) is 11.5 Å². The van der Waals surface area contributed by atoms with E-state index in [2.05, 4.69) is 15.8 Å². The molecule has 28 heavy (non-hydrogen) atoms. The molecule has 0 unspecified atom stereocenters. The van der Waals surface area contributed by atoms with Gasteiger partial charge in [0.05, 0.1) is 13.3 Å². The minimum Gasteiger partial charge on any atom is -0.493 e. The van der Waals surface area contributed by atoms with E-state index in [0.29, 0.717) is 17.1 Å². The molecule has 0 fully saturated rings. The van der Waals surface area contributed by atoms with Gasteiger partial charge in [0.1, 0.15) is 5.82 Å². The van der Waals surface area contributed by atoms with Crippen molar-refractivity contribution in [2.75, 3.05) is 19.0 Å². The summed E-state index contributed by atoms with van der Waals surface area (Å²) in [6.45, 7) is -0.303. The number of ether oxygens (including phenoxy) is 2. The van der Waals surface area contributed by atoms with Crippen LogP contribution in [-0.4, -0.2) is 37.7 Å². The first-order chi connectivity index (χ1) is 13.4. The maximum atomic E-state index is 12.8. The summed E-state index contributed by atoms with van der Waals surface area (Å²) < 4.78 is 23.2. The van der Waals surface area contributed by atoms with Crippen LogP contribution < -0.4 is 25.9 Å². The maximum Gasteiger partial charge on any atom is 0.329 e. The summed E-state index contributed by atoms with van der Waals surface area (Å²) in [6.07, 6.45) is 1.28. The number of nitrogens with two attached hydrogens (primary N) is 1. The standard InChI is InChI=1S/C18H17FN4O5/c1-27-15-8-11(2-7-14(15)28-10-16(20)24)9-21-23-18(26)17(25)22-13-5-3-12(19)4-6-13/h2-9H,10H2,1H3,(H2,20,24)(H,22,25)(H,23,26)/b21-9-.